The molecule has 0 radical (unpaired) electrons. The summed E-state index contributed by atoms with van der Waals surface area (Å²) in [6, 6.07) is 8.57. The Morgan fingerprint density at radius 3 is 2.76 bits per heavy atom. The molecule has 1 aromatic heterocycles. The fraction of sp³-hybridized carbons (Fsp3) is 0.500. The molecule has 1 N–H and O–H groups in total. The van der Waals surface area contributed by atoms with E-state index in [1.807, 2.05) is 6.92 Å². The maximum absolute atomic E-state index is 11.8. The van der Waals surface area contributed by atoms with Gasteiger partial charge in [-0.2, -0.15) is 0 Å². The van der Waals surface area contributed by atoms with Gasteiger partial charge in [-0.15, -0.1) is 0 Å². The zero-order chi connectivity index (χ0) is 14.9. The predicted molar refractivity (Wildman–Crippen MR) is 86.4 cm³/mol. The van der Waals surface area contributed by atoms with Gasteiger partial charge in [0.15, 0.2) is 0 Å². The summed E-state index contributed by atoms with van der Waals surface area (Å²) in [5.41, 5.74) is 2.83. The molecule has 0 atom stereocenters. The molecule has 0 bridgehead atoms. The van der Waals surface area contributed by atoms with Crippen molar-refractivity contribution in [2.75, 3.05) is 6.54 Å². The fourth-order valence-corrected chi connectivity index (χ4v) is 3.49. The molecule has 1 aliphatic carbocycles. The van der Waals surface area contributed by atoms with Gasteiger partial charge in [0.05, 0.1) is 0 Å². The van der Waals surface area contributed by atoms with Crippen molar-refractivity contribution in [3.05, 3.63) is 36.0 Å². The normalized spacial score (nSPS) is 16.7. The molecular formula is C18H24N2O. The number of hydrogen-bond acceptors (Lipinski definition) is 1. The number of nitrogens with zero attached hydrogens (tertiary/aromatic N) is 1. The molecule has 21 heavy (non-hydrogen) atoms. The van der Waals surface area contributed by atoms with E-state index in [1.165, 1.54) is 35.7 Å². The van der Waals surface area contributed by atoms with E-state index in [0.717, 1.165) is 13.0 Å². The molecule has 1 saturated carbocycles. The van der Waals surface area contributed by atoms with Crippen LogP contribution in [0.15, 0.2) is 30.5 Å². The molecule has 2 aromatic rings. The topological polar surface area (TPSA) is 34.0 Å². The summed E-state index contributed by atoms with van der Waals surface area (Å²) in [6.45, 7) is 2.82. The van der Waals surface area contributed by atoms with E-state index in [0.29, 0.717) is 6.42 Å². The fourth-order valence-electron chi connectivity index (χ4n) is 3.49. The van der Waals surface area contributed by atoms with Crippen LogP contribution in [0, 0.1) is 0 Å². The zero-order valence-corrected chi connectivity index (χ0v) is 13.0. The Kier molecular flexibility index (Phi) is 3.75. The van der Waals surface area contributed by atoms with Crippen LogP contribution < -0.4 is 5.32 Å². The number of carbonyl (C=O) groups excluding carboxylic acids is 1. The molecule has 1 aliphatic rings. The second-order valence-electron chi connectivity index (χ2n) is 6.33. The van der Waals surface area contributed by atoms with Crippen molar-refractivity contribution >= 4 is 16.8 Å². The van der Waals surface area contributed by atoms with Crippen molar-refractivity contribution in [2.45, 2.75) is 44.4 Å². The number of aromatic nitrogens is 1. The molecule has 3 heteroatoms. The van der Waals surface area contributed by atoms with E-state index in [-0.39, 0.29) is 11.3 Å². The van der Waals surface area contributed by atoms with Crippen molar-refractivity contribution in [3.8, 4) is 0 Å². The minimum atomic E-state index is 0.143. The molecule has 1 fully saturated rings. The standard InChI is InChI=1S/C18H24N2O/c1-3-7-17(21)19-13-18(10-6-11-18)15-12-20(2)16-9-5-4-8-14(15)16/h4-5,8-9,12H,3,6-7,10-11,13H2,1-2H3,(H,19,21). The Balaban J connectivity index is 1.89. The summed E-state index contributed by atoms with van der Waals surface area (Å²) in [7, 11) is 2.11. The summed E-state index contributed by atoms with van der Waals surface area (Å²) in [5, 5.41) is 4.49. The van der Waals surface area contributed by atoms with Crippen molar-refractivity contribution in [1.82, 2.24) is 9.88 Å². The molecule has 0 unspecified atom stereocenters. The van der Waals surface area contributed by atoms with Crippen LogP contribution in [0.1, 0.15) is 44.6 Å². The number of aryl methyl sites for hydroxylation is 1. The quantitative estimate of drug-likeness (QED) is 0.895. The maximum atomic E-state index is 11.8. The molecule has 3 nitrogen and oxygen atoms in total. The monoisotopic (exact) mass is 284 g/mol. The second-order valence-corrected chi connectivity index (χ2v) is 6.33. The molecule has 1 amide bonds. The first-order valence-corrected chi connectivity index (χ1v) is 7.97. The summed E-state index contributed by atoms with van der Waals surface area (Å²) in [5.74, 6) is 0.184. The third kappa shape index (κ3) is 2.45. The number of benzene rings is 1. The first kappa shape index (κ1) is 14.2. The van der Waals surface area contributed by atoms with E-state index in [1.54, 1.807) is 0 Å². The molecule has 1 heterocycles. The van der Waals surface area contributed by atoms with Crippen molar-refractivity contribution in [1.29, 1.82) is 0 Å². The second kappa shape index (κ2) is 5.55. The highest BCUT2D eigenvalue weighted by atomic mass is 16.1. The summed E-state index contributed by atoms with van der Waals surface area (Å²) in [6.07, 6.45) is 7.40. The van der Waals surface area contributed by atoms with Gasteiger partial charge < -0.3 is 9.88 Å². The first-order valence-electron chi connectivity index (χ1n) is 7.97. The lowest BCUT2D eigenvalue weighted by molar-refractivity contribution is -0.121. The Labute approximate surface area is 126 Å². The lowest BCUT2D eigenvalue weighted by Gasteiger charge is -2.42. The number of para-hydroxylation sites is 1. The van der Waals surface area contributed by atoms with E-state index < -0.39 is 0 Å². The smallest absolute Gasteiger partial charge is 0.220 e. The molecule has 1 aromatic carbocycles. The Bertz CT molecular complexity index is 652. The van der Waals surface area contributed by atoms with Crippen LogP contribution in [0.5, 0.6) is 0 Å². The minimum absolute atomic E-state index is 0.143. The summed E-state index contributed by atoms with van der Waals surface area (Å²) < 4.78 is 2.21. The van der Waals surface area contributed by atoms with Gasteiger partial charge in [0.25, 0.3) is 0 Å². The maximum Gasteiger partial charge on any atom is 0.220 e. The van der Waals surface area contributed by atoms with Crippen LogP contribution in [-0.2, 0) is 17.3 Å². The molecule has 0 aliphatic heterocycles. The molecule has 0 saturated heterocycles. The molecule has 0 spiro atoms. The highest BCUT2D eigenvalue weighted by molar-refractivity contribution is 5.85. The van der Waals surface area contributed by atoms with Gasteiger partial charge >= 0.3 is 0 Å². The van der Waals surface area contributed by atoms with Crippen molar-refractivity contribution in [3.63, 3.8) is 0 Å². The van der Waals surface area contributed by atoms with Gasteiger partial charge in [-0.05, 0) is 30.9 Å². The Hall–Kier alpha value is -1.77. The average molecular weight is 284 g/mol. The number of carbonyl (C=O) groups is 1. The van der Waals surface area contributed by atoms with Crippen LogP contribution in [0.25, 0.3) is 10.9 Å². The largest absolute Gasteiger partial charge is 0.355 e. The zero-order valence-electron chi connectivity index (χ0n) is 13.0. The van der Waals surface area contributed by atoms with E-state index >= 15 is 0 Å². The number of hydrogen-bond donors (Lipinski definition) is 1. The number of nitrogens with one attached hydrogen (secondary N) is 1. The SMILES string of the molecule is CCCC(=O)NCC1(c2cn(C)c3ccccc23)CCC1. The Morgan fingerprint density at radius 1 is 1.33 bits per heavy atom. The van der Waals surface area contributed by atoms with E-state index in [4.69, 9.17) is 0 Å². The number of rotatable bonds is 5. The molecule has 112 valence electrons. The van der Waals surface area contributed by atoms with Crippen molar-refractivity contribution in [2.24, 2.45) is 7.05 Å². The van der Waals surface area contributed by atoms with E-state index in [9.17, 15) is 4.79 Å². The molecular weight excluding hydrogens is 260 g/mol. The third-order valence-corrected chi connectivity index (χ3v) is 4.88. The van der Waals surface area contributed by atoms with Gasteiger partial charge in [0, 0.05) is 42.5 Å². The van der Waals surface area contributed by atoms with Crippen LogP contribution in [0.4, 0.5) is 0 Å². The van der Waals surface area contributed by atoms with Gasteiger partial charge in [0.1, 0.15) is 0 Å². The number of fused-ring (bicyclic) bond motifs is 1. The average Bonchev–Trinajstić information content (AvgIpc) is 2.77. The Morgan fingerprint density at radius 2 is 2.10 bits per heavy atom. The number of amides is 1. The van der Waals surface area contributed by atoms with Crippen LogP contribution in [0.3, 0.4) is 0 Å². The van der Waals surface area contributed by atoms with E-state index in [2.05, 4.69) is 47.4 Å². The van der Waals surface area contributed by atoms with Gasteiger partial charge in [0.2, 0.25) is 5.91 Å². The highest BCUT2D eigenvalue weighted by Gasteiger charge is 2.40. The summed E-state index contributed by atoms with van der Waals surface area (Å²) >= 11 is 0. The van der Waals surface area contributed by atoms with Gasteiger partial charge in [-0.25, -0.2) is 0 Å². The summed E-state index contributed by atoms with van der Waals surface area (Å²) in [4.78, 5) is 11.8. The molecule has 3 rings (SSSR count). The minimum Gasteiger partial charge on any atom is -0.355 e. The van der Waals surface area contributed by atoms with Crippen LogP contribution in [-0.4, -0.2) is 17.0 Å². The van der Waals surface area contributed by atoms with Gasteiger partial charge in [-0.3, -0.25) is 4.79 Å². The third-order valence-electron chi connectivity index (χ3n) is 4.88. The predicted octanol–water partition coefficient (Wildman–Crippen LogP) is 3.52. The van der Waals surface area contributed by atoms with Crippen LogP contribution in [0.2, 0.25) is 0 Å². The van der Waals surface area contributed by atoms with Gasteiger partial charge in [-0.1, -0.05) is 31.5 Å². The highest BCUT2D eigenvalue weighted by Crippen LogP contribution is 2.46. The first-order chi connectivity index (χ1) is 10.2. The lowest BCUT2D eigenvalue weighted by Crippen LogP contribution is -2.45. The lowest BCUT2D eigenvalue weighted by atomic mass is 9.64. The van der Waals surface area contributed by atoms with Crippen LogP contribution >= 0.6 is 0 Å². The van der Waals surface area contributed by atoms with Crippen molar-refractivity contribution < 1.29 is 4.79 Å².